The van der Waals surface area contributed by atoms with E-state index in [4.69, 9.17) is 0 Å². The molecular weight excluding hydrogens is 402 g/mol. The fourth-order valence-corrected chi connectivity index (χ4v) is 4.22. The topological polar surface area (TPSA) is 65.8 Å². The average molecular weight is 430 g/mol. The van der Waals surface area contributed by atoms with Gasteiger partial charge in [0, 0.05) is 18.8 Å². The quantitative estimate of drug-likeness (QED) is 0.745. The van der Waals surface area contributed by atoms with Crippen LogP contribution in [0.1, 0.15) is 47.4 Å². The third kappa shape index (κ3) is 3.91. The predicted octanol–water partition coefficient (Wildman–Crippen LogP) is 4.14. The molecule has 3 heterocycles. The molecule has 0 fully saturated rings. The number of carbonyl (C=O) groups is 1. The number of allylic oxidation sites excluding steroid dienone is 4. The molecule has 2 aliphatic heterocycles. The van der Waals surface area contributed by atoms with Crippen LogP contribution in [0.25, 0.3) is 6.08 Å². The van der Waals surface area contributed by atoms with Crippen LogP contribution in [-0.2, 0) is 0 Å². The van der Waals surface area contributed by atoms with E-state index in [9.17, 15) is 14.7 Å². The number of pyridine rings is 1. The molecule has 0 spiro atoms. The second-order valence-electron chi connectivity index (χ2n) is 7.91. The summed E-state index contributed by atoms with van der Waals surface area (Å²) in [6, 6.07) is 9.07. The van der Waals surface area contributed by atoms with Crippen LogP contribution >= 0.6 is 0 Å². The van der Waals surface area contributed by atoms with Crippen LogP contribution in [0.3, 0.4) is 0 Å². The molecule has 1 atom stereocenters. The zero-order chi connectivity index (χ0) is 22.7. The van der Waals surface area contributed by atoms with Gasteiger partial charge in [-0.05, 0) is 36.5 Å². The minimum atomic E-state index is -0.568. The van der Waals surface area contributed by atoms with Gasteiger partial charge in [0.05, 0.1) is 6.04 Å². The van der Waals surface area contributed by atoms with Gasteiger partial charge in [0.15, 0.2) is 11.4 Å². The maximum Gasteiger partial charge on any atom is 0.277 e. The number of aromatic hydroxyl groups is 1. The van der Waals surface area contributed by atoms with Gasteiger partial charge in [-0.2, -0.15) is 0 Å². The summed E-state index contributed by atoms with van der Waals surface area (Å²) >= 11 is 0. The maximum atomic E-state index is 13.2. The minimum absolute atomic E-state index is 0.0105. The van der Waals surface area contributed by atoms with Crippen molar-refractivity contribution >= 4 is 12.0 Å². The van der Waals surface area contributed by atoms with Crippen LogP contribution in [0, 0.1) is 0 Å². The van der Waals surface area contributed by atoms with E-state index >= 15 is 0 Å². The molecular formula is C26H27N3O3. The first kappa shape index (κ1) is 21.4. The largest absolute Gasteiger partial charge is 0.502 e. The number of hydrogen-bond acceptors (Lipinski definition) is 4. The molecule has 6 nitrogen and oxygen atoms in total. The van der Waals surface area contributed by atoms with Gasteiger partial charge in [0.2, 0.25) is 5.43 Å². The highest BCUT2D eigenvalue weighted by atomic mass is 16.3. The number of amides is 1. The van der Waals surface area contributed by atoms with E-state index in [0.29, 0.717) is 13.2 Å². The lowest BCUT2D eigenvalue weighted by Crippen LogP contribution is -2.55. The molecule has 1 aromatic carbocycles. The first-order valence-electron chi connectivity index (χ1n) is 10.8. The van der Waals surface area contributed by atoms with Gasteiger partial charge >= 0.3 is 0 Å². The summed E-state index contributed by atoms with van der Waals surface area (Å²) in [4.78, 5) is 27.1. The highest BCUT2D eigenvalue weighted by Crippen LogP contribution is 2.34. The summed E-state index contributed by atoms with van der Waals surface area (Å²) in [5.74, 6) is -0.871. The van der Waals surface area contributed by atoms with Gasteiger partial charge in [-0.25, -0.2) is 0 Å². The number of rotatable bonds is 3. The maximum absolute atomic E-state index is 13.2. The molecule has 6 heteroatoms. The Morgan fingerprint density at radius 2 is 2.00 bits per heavy atom. The zero-order valence-corrected chi connectivity index (χ0v) is 18.1. The van der Waals surface area contributed by atoms with Crippen LogP contribution in [0.2, 0.25) is 0 Å². The normalized spacial score (nSPS) is 19.5. The summed E-state index contributed by atoms with van der Waals surface area (Å²) in [5, 5.41) is 12.5. The molecule has 2 aromatic rings. The second-order valence-corrected chi connectivity index (χ2v) is 7.91. The Hall–Kier alpha value is -3.80. The minimum Gasteiger partial charge on any atom is -0.502 e. The summed E-state index contributed by atoms with van der Waals surface area (Å²) in [6.07, 6.45) is 15.2. The summed E-state index contributed by atoms with van der Waals surface area (Å²) in [7, 11) is 0. The Labute approximate surface area is 187 Å². The molecule has 2 bridgehead atoms. The SMILES string of the molecule is C=C(/C=C\C=C/C)[C@@H]1c2ccccc2/C=C\CCCN2CN1n1ccc(=O)c(O)c1C2=O. The Morgan fingerprint density at radius 1 is 1.19 bits per heavy atom. The average Bonchev–Trinajstić information content (AvgIpc) is 2.82. The number of fused-ring (bicyclic) bond motifs is 5. The van der Waals surface area contributed by atoms with Crippen molar-refractivity contribution in [2.45, 2.75) is 25.8 Å². The van der Waals surface area contributed by atoms with E-state index in [-0.39, 0.29) is 17.6 Å². The van der Waals surface area contributed by atoms with E-state index < -0.39 is 11.2 Å². The van der Waals surface area contributed by atoms with Crippen LogP contribution < -0.4 is 10.4 Å². The van der Waals surface area contributed by atoms with Gasteiger partial charge in [0.1, 0.15) is 6.67 Å². The molecule has 1 amide bonds. The number of aromatic nitrogens is 1. The van der Waals surface area contributed by atoms with Gasteiger partial charge in [-0.1, -0.05) is 67.3 Å². The molecule has 0 saturated heterocycles. The van der Waals surface area contributed by atoms with E-state index in [1.807, 2.05) is 48.4 Å². The lowest BCUT2D eigenvalue weighted by molar-refractivity contribution is 0.0678. The van der Waals surface area contributed by atoms with Gasteiger partial charge in [-0.3, -0.25) is 19.3 Å². The molecule has 1 aromatic heterocycles. The summed E-state index contributed by atoms with van der Waals surface area (Å²) in [6.45, 7) is 7.13. The van der Waals surface area contributed by atoms with Crippen molar-refractivity contribution in [3.63, 3.8) is 0 Å². The highest BCUT2D eigenvalue weighted by Gasteiger charge is 2.36. The van der Waals surface area contributed by atoms with Crippen molar-refractivity contribution in [1.82, 2.24) is 9.58 Å². The molecule has 0 radical (unpaired) electrons. The van der Waals surface area contributed by atoms with Crippen molar-refractivity contribution in [2.75, 3.05) is 18.2 Å². The van der Waals surface area contributed by atoms with Crippen molar-refractivity contribution in [3.05, 3.63) is 106 Å². The lowest BCUT2D eigenvalue weighted by Gasteiger charge is -2.44. The zero-order valence-electron chi connectivity index (χ0n) is 18.1. The first-order valence-corrected chi connectivity index (χ1v) is 10.8. The van der Waals surface area contributed by atoms with Gasteiger partial charge in [-0.15, -0.1) is 0 Å². The highest BCUT2D eigenvalue weighted by molar-refractivity contribution is 5.96. The van der Waals surface area contributed by atoms with E-state index in [1.54, 1.807) is 15.8 Å². The fourth-order valence-electron chi connectivity index (χ4n) is 4.22. The number of nitrogens with zero attached hydrogens (tertiary/aromatic N) is 3. The van der Waals surface area contributed by atoms with E-state index in [1.165, 1.54) is 6.07 Å². The molecule has 32 heavy (non-hydrogen) atoms. The van der Waals surface area contributed by atoms with Crippen LogP contribution in [0.4, 0.5) is 0 Å². The predicted molar refractivity (Wildman–Crippen MR) is 127 cm³/mol. The van der Waals surface area contributed by atoms with E-state index in [0.717, 1.165) is 29.5 Å². The summed E-state index contributed by atoms with van der Waals surface area (Å²) < 4.78 is 1.60. The van der Waals surface area contributed by atoms with Gasteiger partial charge < -0.3 is 10.0 Å². The first-order chi connectivity index (χ1) is 15.5. The molecule has 2 aliphatic rings. The van der Waals surface area contributed by atoms with Crippen molar-refractivity contribution < 1.29 is 9.90 Å². The van der Waals surface area contributed by atoms with Crippen molar-refractivity contribution in [3.8, 4) is 5.75 Å². The molecule has 4 rings (SSSR count). The van der Waals surface area contributed by atoms with Crippen molar-refractivity contribution in [1.29, 1.82) is 0 Å². The smallest absolute Gasteiger partial charge is 0.277 e. The summed E-state index contributed by atoms with van der Waals surface area (Å²) in [5.41, 5.74) is 2.33. The molecule has 0 unspecified atom stereocenters. The lowest BCUT2D eigenvalue weighted by atomic mass is 9.93. The standard InChI is InChI=1S/C26H27N3O3/c1-3-4-6-11-19(2)23-21-14-9-8-13-20(21)12-7-5-10-16-27-18-29(23)28-17-15-22(30)25(31)24(28)26(27)32/h3-4,6-9,11-15,17,23,31H,2,5,10,16,18H2,1H3/b4-3-,11-6-,12-7-/t23-/m1/s1. The Kier molecular flexibility index (Phi) is 6.12. The van der Waals surface area contributed by atoms with Crippen LogP contribution in [-0.4, -0.2) is 33.8 Å². The number of hydrogen-bond donors (Lipinski definition) is 1. The Balaban J connectivity index is 1.97. The van der Waals surface area contributed by atoms with Crippen LogP contribution in [0.15, 0.2) is 83.9 Å². The molecule has 164 valence electrons. The fraction of sp³-hybridized carbons (Fsp3) is 0.231. The number of benzene rings is 1. The Morgan fingerprint density at radius 3 is 2.81 bits per heavy atom. The van der Waals surface area contributed by atoms with Gasteiger partial charge in [0.25, 0.3) is 5.91 Å². The molecule has 1 N–H and O–H groups in total. The van der Waals surface area contributed by atoms with E-state index in [2.05, 4.69) is 30.9 Å². The van der Waals surface area contributed by atoms with Crippen LogP contribution in [0.5, 0.6) is 5.75 Å². The third-order valence-corrected chi connectivity index (χ3v) is 5.79. The second kappa shape index (κ2) is 9.14. The molecule has 0 aliphatic carbocycles. The molecule has 0 saturated carbocycles. The Bertz CT molecular complexity index is 1190. The number of carbonyl (C=O) groups excluding carboxylic acids is 1. The van der Waals surface area contributed by atoms with Crippen molar-refractivity contribution in [2.24, 2.45) is 0 Å². The monoisotopic (exact) mass is 429 g/mol. The third-order valence-electron chi connectivity index (χ3n) is 5.79.